The third kappa shape index (κ3) is 2.95. The molecule has 3 heteroatoms. The largest absolute Gasteiger partial charge is 0.380 e. The summed E-state index contributed by atoms with van der Waals surface area (Å²) in [5.74, 6) is 0. The van der Waals surface area contributed by atoms with E-state index in [1.165, 1.54) is 24.1 Å². The van der Waals surface area contributed by atoms with Gasteiger partial charge >= 0.3 is 0 Å². The zero-order valence-corrected chi connectivity index (χ0v) is 10.6. The monoisotopic (exact) mass is 268 g/mol. The molecule has 2 N–H and O–H groups in total. The molecule has 2 nitrogen and oxygen atoms in total. The number of anilines is 1. The van der Waals surface area contributed by atoms with E-state index in [0.717, 1.165) is 17.6 Å². The van der Waals surface area contributed by atoms with Gasteiger partial charge in [-0.15, -0.1) is 0 Å². The minimum absolute atomic E-state index is 0.567. The molecule has 0 radical (unpaired) electrons. The van der Waals surface area contributed by atoms with E-state index in [0.29, 0.717) is 6.04 Å². The molecule has 0 spiro atoms. The number of benzene rings is 1. The van der Waals surface area contributed by atoms with Crippen LogP contribution in [0.2, 0.25) is 0 Å². The van der Waals surface area contributed by atoms with Crippen molar-refractivity contribution < 1.29 is 0 Å². The summed E-state index contributed by atoms with van der Waals surface area (Å²) in [6.07, 6.45) is 2.52. The second-order valence-corrected chi connectivity index (χ2v) is 5.03. The molecule has 15 heavy (non-hydrogen) atoms. The molecular formula is C12H17BrN2. The maximum absolute atomic E-state index is 3.59. The van der Waals surface area contributed by atoms with Crippen molar-refractivity contribution in [1.29, 1.82) is 0 Å². The van der Waals surface area contributed by atoms with Gasteiger partial charge in [-0.2, -0.15) is 0 Å². The fourth-order valence-electron chi connectivity index (χ4n) is 1.93. The summed E-state index contributed by atoms with van der Waals surface area (Å²) in [4.78, 5) is 0. The molecule has 2 rings (SSSR count). The Hall–Kier alpha value is -0.540. The summed E-state index contributed by atoms with van der Waals surface area (Å²) in [6.45, 7) is 4.34. The first-order valence-electron chi connectivity index (χ1n) is 5.49. The minimum Gasteiger partial charge on any atom is -0.380 e. The maximum atomic E-state index is 3.59. The Morgan fingerprint density at radius 3 is 3.00 bits per heavy atom. The third-order valence-electron chi connectivity index (χ3n) is 2.78. The van der Waals surface area contributed by atoms with E-state index < -0.39 is 0 Å². The Morgan fingerprint density at radius 2 is 2.33 bits per heavy atom. The van der Waals surface area contributed by atoms with Gasteiger partial charge in [-0.1, -0.05) is 6.07 Å². The van der Waals surface area contributed by atoms with Crippen molar-refractivity contribution in [2.45, 2.75) is 25.8 Å². The second kappa shape index (κ2) is 4.99. The fraction of sp³-hybridized carbons (Fsp3) is 0.500. The zero-order chi connectivity index (χ0) is 10.7. The van der Waals surface area contributed by atoms with E-state index in [1.54, 1.807) is 0 Å². The first-order valence-corrected chi connectivity index (χ1v) is 6.28. The predicted molar refractivity (Wildman–Crippen MR) is 68.4 cm³/mol. The van der Waals surface area contributed by atoms with Crippen molar-refractivity contribution in [2.75, 3.05) is 18.4 Å². The van der Waals surface area contributed by atoms with E-state index in [1.807, 2.05) is 0 Å². The van der Waals surface area contributed by atoms with Crippen LogP contribution in [0, 0.1) is 6.92 Å². The number of nitrogens with one attached hydrogen (secondary N) is 2. The molecule has 1 saturated heterocycles. The van der Waals surface area contributed by atoms with Crippen molar-refractivity contribution in [1.82, 2.24) is 5.32 Å². The zero-order valence-electron chi connectivity index (χ0n) is 9.02. The van der Waals surface area contributed by atoms with Gasteiger partial charge < -0.3 is 10.6 Å². The van der Waals surface area contributed by atoms with Crippen LogP contribution in [0.15, 0.2) is 22.7 Å². The van der Waals surface area contributed by atoms with Crippen molar-refractivity contribution in [3.63, 3.8) is 0 Å². The molecule has 1 unspecified atom stereocenters. The second-order valence-electron chi connectivity index (χ2n) is 4.17. The molecule has 0 aliphatic carbocycles. The van der Waals surface area contributed by atoms with E-state index in [4.69, 9.17) is 0 Å². The number of hydrogen-bond donors (Lipinski definition) is 2. The molecule has 1 aromatic rings. The Balaban J connectivity index is 2.03. The SMILES string of the molecule is Cc1ccc(NC2CCCNC2)c(Br)c1. The third-order valence-corrected chi connectivity index (χ3v) is 3.44. The van der Waals surface area contributed by atoms with Gasteiger partial charge in [0.2, 0.25) is 0 Å². The normalized spacial score (nSPS) is 21.3. The van der Waals surface area contributed by atoms with Crippen molar-refractivity contribution >= 4 is 21.6 Å². The summed E-state index contributed by atoms with van der Waals surface area (Å²) in [6, 6.07) is 7.01. The Morgan fingerprint density at radius 1 is 1.47 bits per heavy atom. The van der Waals surface area contributed by atoms with Gasteiger partial charge in [-0.25, -0.2) is 0 Å². The van der Waals surface area contributed by atoms with Gasteiger partial charge in [0, 0.05) is 22.7 Å². The van der Waals surface area contributed by atoms with Gasteiger partial charge in [0.25, 0.3) is 0 Å². The molecule has 0 bridgehead atoms. The van der Waals surface area contributed by atoms with Crippen LogP contribution in [0.5, 0.6) is 0 Å². The Kier molecular flexibility index (Phi) is 3.65. The van der Waals surface area contributed by atoms with Crippen LogP contribution in [-0.2, 0) is 0 Å². The first kappa shape index (κ1) is 11.0. The van der Waals surface area contributed by atoms with E-state index in [-0.39, 0.29) is 0 Å². The van der Waals surface area contributed by atoms with Crippen LogP contribution in [0.1, 0.15) is 18.4 Å². The summed E-state index contributed by atoms with van der Waals surface area (Å²) in [7, 11) is 0. The van der Waals surface area contributed by atoms with E-state index in [2.05, 4.69) is 51.7 Å². The average molecular weight is 269 g/mol. The summed E-state index contributed by atoms with van der Waals surface area (Å²) in [5, 5.41) is 6.98. The van der Waals surface area contributed by atoms with Gasteiger partial charge in [0.1, 0.15) is 0 Å². The fourth-order valence-corrected chi connectivity index (χ4v) is 2.54. The molecule has 1 atom stereocenters. The number of halogens is 1. The highest BCUT2D eigenvalue weighted by Gasteiger charge is 2.13. The molecule has 1 heterocycles. The standard InChI is InChI=1S/C12H17BrN2/c1-9-4-5-12(11(13)7-9)15-10-3-2-6-14-8-10/h4-5,7,10,14-15H,2-3,6,8H2,1H3. The van der Waals surface area contributed by atoms with E-state index in [9.17, 15) is 0 Å². The van der Waals surface area contributed by atoms with Crippen LogP contribution in [0.3, 0.4) is 0 Å². The molecular weight excluding hydrogens is 252 g/mol. The predicted octanol–water partition coefficient (Wildman–Crippen LogP) is 2.92. The Labute approximate surface area is 99.6 Å². The molecule has 0 amide bonds. The van der Waals surface area contributed by atoms with Crippen LogP contribution < -0.4 is 10.6 Å². The van der Waals surface area contributed by atoms with Crippen LogP contribution in [0.4, 0.5) is 5.69 Å². The number of hydrogen-bond acceptors (Lipinski definition) is 2. The topological polar surface area (TPSA) is 24.1 Å². The molecule has 1 aromatic carbocycles. The summed E-state index contributed by atoms with van der Waals surface area (Å²) < 4.78 is 1.16. The van der Waals surface area contributed by atoms with Crippen molar-refractivity contribution in [3.8, 4) is 0 Å². The number of rotatable bonds is 2. The summed E-state index contributed by atoms with van der Waals surface area (Å²) >= 11 is 3.59. The molecule has 1 aliphatic heterocycles. The average Bonchev–Trinajstić information content (AvgIpc) is 2.24. The molecule has 0 saturated carbocycles. The van der Waals surface area contributed by atoms with Gasteiger partial charge in [0.15, 0.2) is 0 Å². The lowest BCUT2D eigenvalue weighted by Gasteiger charge is -2.25. The lowest BCUT2D eigenvalue weighted by Crippen LogP contribution is -2.38. The summed E-state index contributed by atoms with van der Waals surface area (Å²) in [5.41, 5.74) is 2.49. The lowest BCUT2D eigenvalue weighted by atomic mass is 10.1. The molecule has 0 aromatic heterocycles. The highest BCUT2D eigenvalue weighted by atomic mass is 79.9. The minimum atomic E-state index is 0.567. The van der Waals surface area contributed by atoms with Crippen molar-refractivity contribution in [2.24, 2.45) is 0 Å². The quantitative estimate of drug-likeness (QED) is 0.862. The smallest absolute Gasteiger partial charge is 0.0487 e. The van der Waals surface area contributed by atoms with Gasteiger partial charge in [-0.3, -0.25) is 0 Å². The van der Waals surface area contributed by atoms with E-state index >= 15 is 0 Å². The van der Waals surface area contributed by atoms with Crippen LogP contribution in [-0.4, -0.2) is 19.1 Å². The van der Waals surface area contributed by atoms with Crippen LogP contribution in [0.25, 0.3) is 0 Å². The first-order chi connectivity index (χ1) is 7.25. The lowest BCUT2D eigenvalue weighted by molar-refractivity contribution is 0.480. The number of aryl methyl sites for hydroxylation is 1. The molecule has 1 aliphatic rings. The number of piperidine rings is 1. The highest BCUT2D eigenvalue weighted by molar-refractivity contribution is 9.10. The molecule has 1 fully saturated rings. The Bertz CT molecular complexity index is 332. The van der Waals surface area contributed by atoms with Gasteiger partial charge in [-0.05, 0) is 59.9 Å². The highest BCUT2D eigenvalue weighted by Crippen LogP contribution is 2.24. The van der Waals surface area contributed by atoms with Crippen LogP contribution >= 0.6 is 15.9 Å². The van der Waals surface area contributed by atoms with Gasteiger partial charge in [0.05, 0.1) is 0 Å². The molecule has 82 valence electrons. The van der Waals surface area contributed by atoms with Crippen molar-refractivity contribution in [3.05, 3.63) is 28.2 Å². The maximum Gasteiger partial charge on any atom is 0.0487 e.